The zero-order chi connectivity index (χ0) is 22.8. The molecule has 0 aliphatic carbocycles. The van der Waals surface area contributed by atoms with Gasteiger partial charge in [0.25, 0.3) is 0 Å². The Morgan fingerprint density at radius 3 is 2.45 bits per heavy atom. The molecule has 1 atom stereocenters. The van der Waals surface area contributed by atoms with Crippen molar-refractivity contribution in [3.05, 3.63) is 53.6 Å². The van der Waals surface area contributed by atoms with E-state index in [1.165, 1.54) is 6.07 Å². The molecule has 7 nitrogen and oxygen atoms in total. The number of amides is 1. The molecular weight excluding hydrogens is 437 g/mol. The molecule has 2 aromatic rings. The summed E-state index contributed by atoms with van der Waals surface area (Å²) < 4.78 is 75.0. The highest BCUT2D eigenvalue weighted by molar-refractivity contribution is 7.92. The summed E-state index contributed by atoms with van der Waals surface area (Å²) >= 11 is 0. The minimum atomic E-state index is -4.64. The average molecular weight is 458 g/mol. The van der Waals surface area contributed by atoms with Crippen molar-refractivity contribution >= 4 is 21.6 Å². The van der Waals surface area contributed by atoms with Crippen molar-refractivity contribution in [2.75, 3.05) is 30.3 Å². The van der Waals surface area contributed by atoms with Crippen LogP contribution in [0.25, 0.3) is 0 Å². The Morgan fingerprint density at radius 1 is 1.13 bits per heavy atom. The van der Waals surface area contributed by atoms with Gasteiger partial charge in [0.2, 0.25) is 15.9 Å². The average Bonchev–Trinajstić information content (AvgIpc) is 2.70. The summed E-state index contributed by atoms with van der Waals surface area (Å²) in [7, 11) is -4.02. The summed E-state index contributed by atoms with van der Waals surface area (Å²) in [4.78, 5) is 12.5. The summed E-state index contributed by atoms with van der Waals surface area (Å²) in [5.74, 6) is 0.443. The molecule has 31 heavy (non-hydrogen) atoms. The standard InChI is InChI=1S/C20H21F3N2O5S/c1-13(14-6-7-17-18(10-14)30-9-8-29-17)24-19(26)12-25(31(2,27)28)16-5-3-4-15(11-16)20(21,22)23/h3-7,10-11,13H,8-9,12H2,1-2H3,(H,24,26)/t13-/m1/s1. The number of hydrogen-bond donors (Lipinski definition) is 1. The van der Waals surface area contributed by atoms with Gasteiger partial charge in [-0.15, -0.1) is 0 Å². The Bertz CT molecular complexity index is 1070. The van der Waals surface area contributed by atoms with Crippen LogP contribution >= 0.6 is 0 Å². The number of nitrogens with zero attached hydrogens (tertiary/aromatic N) is 1. The van der Waals surface area contributed by atoms with Gasteiger partial charge in [0, 0.05) is 0 Å². The zero-order valence-corrected chi connectivity index (χ0v) is 17.6. The van der Waals surface area contributed by atoms with E-state index in [-0.39, 0.29) is 5.69 Å². The maximum absolute atomic E-state index is 13.0. The first-order valence-corrected chi connectivity index (χ1v) is 11.1. The van der Waals surface area contributed by atoms with E-state index in [1.807, 2.05) is 0 Å². The Hall–Kier alpha value is -2.95. The lowest BCUT2D eigenvalue weighted by molar-refractivity contribution is -0.137. The minimum Gasteiger partial charge on any atom is -0.486 e. The molecule has 0 saturated heterocycles. The number of ether oxygens (including phenoxy) is 2. The van der Waals surface area contributed by atoms with Crippen molar-refractivity contribution in [2.45, 2.75) is 19.1 Å². The number of nitrogens with one attached hydrogen (secondary N) is 1. The summed E-state index contributed by atoms with van der Waals surface area (Å²) in [6, 6.07) is 8.45. The molecule has 1 amide bonds. The van der Waals surface area contributed by atoms with Crippen LogP contribution in [0.5, 0.6) is 11.5 Å². The van der Waals surface area contributed by atoms with E-state index in [1.54, 1.807) is 25.1 Å². The zero-order valence-electron chi connectivity index (χ0n) is 16.8. The fourth-order valence-corrected chi connectivity index (χ4v) is 3.92. The first-order chi connectivity index (χ1) is 14.4. The van der Waals surface area contributed by atoms with Crippen LogP contribution in [0, 0.1) is 0 Å². The third kappa shape index (κ3) is 5.60. The van der Waals surface area contributed by atoms with Gasteiger partial charge in [-0.25, -0.2) is 8.42 Å². The highest BCUT2D eigenvalue weighted by atomic mass is 32.2. The quantitative estimate of drug-likeness (QED) is 0.719. The lowest BCUT2D eigenvalue weighted by atomic mass is 10.1. The molecule has 0 unspecified atom stereocenters. The molecule has 168 valence electrons. The number of carbonyl (C=O) groups excluding carboxylic acids is 1. The van der Waals surface area contributed by atoms with Crippen molar-refractivity contribution in [2.24, 2.45) is 0 Å². The first kappa shape index (κ1) is 22.7. The molecular formula is C20H21F3N2O5S. The van der Waals surface area contributed by atoms with Gasteiger partial charge in [0.15, 0.2) is 11.5 Å². The molecule has 11 heteroatoms. The van der Waals surface area contributed by atoms with Gasteiger partial charge in [0.1, 0.15) is 19.8 Å². The Balaban J connectivity index is 1.76. The number of fused-ring (bicyclic) bond motifs is 1. The van der Waals surface area contributed by atoms with Gasteiger partial charge in [-0.3, -0.25) is 9.10 Å². The number of anilines is 1. The highest BCUT2D eigenvalue weighted by Gasteiger charge is 2.32. The second-order valence-corrected chi connectivity index (χ2v) is 8.92. The van der Waals surface area contributed by atoms with Crippen molar-refractivity contribution in [1.29, 1.82) is 0 Å². The molecule has 2 aromatic carbocycles. The fourth-order valence-electron chi connectivity index (χ4n) is 3.07. The number of sulfonamides is 1. The molecule has 1 N–H and O–H groups in total. The predicted molar refractivity (Wildman–Crippen MR) is 108 cm³/mol. The molecule has 1 aliphatic rings. The Kier molecular flexibility index (Phi) is 6.35. The number of alkyl halides is 3. The normalized spacial score (nSPS) is 14.6. The third-order valence-electron chi connectivity index (χ3n) is 4.59. The fraction of sp³-hybridized carbons (Fsp3) is 0.350. The second-order valence-electron chi connectivity index (χ2n) is 7.01. The summed E-state index contributed by atoms with van der Waals surface area (Å²) in [6.07, 6.45) is -3.82. The van der Waals surface area contributed by atoms with Crippen LogP contribution in [0.1, 0.15) is 24.1 Å². The molecule has 0 aromatic heterocycles. The van der Waals surface area contributed by atoms with E-state index in [9.17, 15) is 26.4 Å². The van der Waals surface area contributed by atoms with E-state index in [2.05, 4.69) is 5.32 Å². The highest BCUT2D eigenvalue weighted by Crippen LogP contribution is 2.33. The lowest BCUT2D eigenvalue weighted by Crippen LogP contribution is -2.41. The van der Waals surface area contributed by atoms with E-state index in [4.69, 9.17) is 9.47 Å². The van der Waals surface area contributed by atoms with Gasteiger partial charge in [-0.05, 0) is 42.8 Å². The maximum Gasteiger partial charge on any atom is 0.416 e. The van der Waals surface area contributed by atoms with Crippen LogP contribution in [0.4, 0.5) is 18.9 Å². The maximum atomic E-state index is 13.0. The van der Waals surface area contributed by atoms with Crippen LogP contribution in [-0.2, 0) is 21.0 Å². The van der Waals surface area contributed by atoms with Crippen molar-refractivity contribution in [3.63, 3.8) is 0 Å². The number of rotatable bonds is 6. The monoisotopic (exact) mass is 458 g/mol. The van der Waals surface area contributed by atoms with Crippen LogP contribution in [-0.4, -0.2) is 40.3 Å². The lowest BCUT2D eigenvalue weighted by Gasteiger charge is -2.24. The molecule has 0 radical (unpaired) electrons. The molecule has 0 saturated carbocycles. The summed E-state index contributed by atoms with van der Waals surface area (Å²) in [6.45, 7) is 1.86. The summed E-state index contributed by atoms with van der Waals surface area (Å²) in [5.41, 5.74) is -0.564. The van der Waals surface area contributed by atoms with Crippen molar-refractivity contribution in [3.8, 4) is 11.5 Å². The molecule has 1 aliphatic heterocycles. The van der Waals surface area contributed by atoms with E-state index in [0.29, 0.717) is 40.6 Å². The molecule has 3 rings (SSSR count). The van der Waals surface area contributed by atoms with Gasteiger partial charge >= 0.3 is 6.18 Å². The van der Waals surface area contributed by atoms with Gasteiger partial charge in [-0.1, -0.05) is 12.1 Å². The smallest absolute Gasteiger partial charge is 0.416 e. The van der Waals surface area contributed by atoms with Crippen molar-refractivity contribution < 1.29 is 35.9 Å². The molecule has 0 spiro atoms. The number of hydrogen-bond acceptors (Lipinski definition) is 5. The van der Waals surface area contributed by atoms with E-state index in [0.717, 1.165) is 18.4 Å². The Labute approximate surface area is 177 Å². The number of carbonyl (C=O) groups is 1. The SMILES string of the molecule is C[C@@H](NC(=O)CN(c1cccc(C(F)(F)F)c1)S(C)(=O)=O)c1ccc2c(c1)OCCO2. The molecule has 0 bridgehead atoms. The van der Waals surface area contributed by atoms with Crippen molar-refractivity contribution in [1.82, 2.24) is 5.32 Å². The van der Waals surface area contributed by atoms with E-state index >= 15 is 0 Å². The van der Waals surface area contributed by atoms with E-state index < -0.39 is 40.3 Å². The minimum absolute atomic E-state index is 0.251. The number of benzene rings is 2. The molecule has 0 fully saturated rings. The van der Waals surface area contributed by atoms with Crippen LogP contribution in [0.3, 0.4) is 0 Å². The third-order valence-corrected chi connectivity index (χ3v) is 5.73. The van der Waals surface area contributed by atoms with Gasteiger partial charge in [0.05, 0.1) is 23.5 Å². The first-order valence-electron chi connectivity index (χ1n) is 9.29. The van der Waals surface area contributed by atoms with Gasteiger partial charge in [-0.2, -0.15) is 13.2 Å². The Morgan fingerprint density at radius 2 is 1.81 bits per heavy atom. The van der Waals surface area contributed by atoms with Crippen LogP contribution < -0.4 is 19.1 Å². The predicted octanol–water partition coefficient (Wildman–Crippen LogP) is 3.12. The van der Waals surface area contributed by atoms with Crippen LogP contribution in [0.2, 0.25) is 0 Å². The summed E-state index contributed by atoms with van der Waals surface area (Å²) in [5, 5.41) is 2.66. The van der Waals surface area contributed by atoms with Crippen LogP contribution in [0.15, 0.2) is 42.5 Å². The topological polar surface area (TPSA) is 84.9 Å². The largest absolute Gasteiger partial charge is 0.486 e. The van der Waals surface area contributed by atoms with Gasteiger partial charge < -0.3 is 14.8 Å². The second kappa shape index (κ2) is 8.66. The molecule has 1 heterocycles. The number of halogens is 3.